The highest BCUT2D eigenvalue weighted by Gasteiger charge is 2.16. The minimum atomic E-state index is 0.297. The van der Waals surface area contributed by atoms with Crippen molar-refractivity contribution in [2.45, 2.75) is 6.42 Å². The zero-order valence-electron chi connectivity index (χ0n) is 6.04. The number of benzene rings is 1. The van der Waals surface area contributed by atoms with Crippen molar-refractivity contribution in [3.63, 3.8) is 0 Å². The van der Waals surface area contributed by atoms with Gasteiger partial charge < -0.3 is 10.8 Å². The fraction of sp³-hybridized carbons (Fsp3) is 0.111. The van der Waals surface area contributed by atoms with Crippen molar-refractivity contribution in [2.75, 3.05) is 0 Å². The first-order valence-corrected chi connectivity index (χ1v) is 3.55. The Labute approximate surface area is 65.0 Å². The van der Waals surface area contributed by atoms with Gasteiger partial charge in [-0.15, -0.1) is 0 Å². The molecule has 0 spiro atoms. The lowest BCUT2D eigenvalue weighted by Gasteiger charge is -1.96. The molecule has 1 aliphatic carbocycles. The molecule has 2 heteroatoms. The Hall–Kier alpha value is -1.44. The summed E-state index contributed by atoms with van der Waals surface area (Å²) < 4.78 is 0. The van der Waals surface area contributed by atoms with Gasteiger partial charge in [-0.05, 0) is 5.56 Å². The van der Waals surface area contributed by atoms with Gasteiger partial charge in [-0.1, -0.05) is 24.3 Å². The zero-order chi connectivity index (χ0) is 7.84. The molecular formula is C9H9NO. The molecule has 1 aliphatic rings. The van der Waals surface area contributed by atoms with Gasteiger partial charge in [0.05, 0.1) is 5.70 Å². The third-order valence-corrected chi connectivity index (χ3v) is 1.98. The van der Waals surface area contributed by atoms with E-state index >= 15 is 0 Å². The van der Waals surface area contributed by atoms with Crippen molar-refractivity contribution in [2.24, 2.45) is 5.73 Å². The lowest BCUT2D eigenvalue weighted by molar-refractivity contribution is 0.405. The van der Waals surface area contributed by atoms with Crippen molar-refractivity contribution in [1.29, 1.82) is 0 Å². The highest BCUT2D eigenvalue weighted by Crippen LogP contribution is 2.26. The Balaban J connectivity index is 2.60. The summed E-state index contributed by atoms with van der Waals surface area (Å²) in [5.41, 5.74) is 8.24. The van der Waals surface area contributed by atoms with Crippen molar-refractivity contribution < 1.29 is 5.11 Å². The average Bonchev–Trinajstić information content (AvgIpc) is 2.30. The molecule has 11 heavy (non-hydrogen) atoms. The van der Waals surface area contributed by atoms with E-state index in [0.717, 1.165) is 11.1 Å². The lowest BCUT2D eigenvalue weighted by Crippen LogP contribution is -1.95. The molecule has 3 N–H and O–H groups in total. The lowest BCUT2D eigenvalue weighted by atomic mass is 10.1. The van der Waals surface area contributed by atoms with Crippen molar-refractivity contribution in [1.82, 2.24) is 0 Å². The summed E-state index contributed by atoms with van der Waals surface area (Å²) >= 11 is 0. The second-order valence-corrected chi connectivity index (χ2v) is 2.69. The maximum absolute atomic E-state index is 9.27. The van der Waals surface area contributed by atoms with E-state index < -0.39 is 0 Å². The third kappa shape index (κ3) is 0.792. The molecule has 2 rings (SSSR count). The maximum atomic E-state index is 9.27. The minimum Gasteiger partial charge on any atom is -0.510 e. The first-order valence-electron chi connectivity index (χ1n) is 3.55. The molecule has 0 saturated heterocycles. The van der Waals surface area contributed by atoms with E-state index in [4.69, 9.17) is 5.73 Å². The molecule has 0 atom stereocenters. The van der Waals surface area contributed by atoms with Crippen molar-refractivity contribution >= 4 is 5.70 Å². The Bertz CT molecular complexity index is 328. The first kappa shape index (κ1) is 6.28. The highest BCUT2D eigenvalue weighted by atomic mass is 16.3. The van der Waals surface area contributed by atoms with E-state index in [0.29, 0.717) is 17.9 Å². The summed E-state index contributed by atoms with van der Waals surface area (Å²) in [4.78, 5) is 0. The highest BCUT2D eigenvalue weighted by molar-refractivity contribution is 5.72. The van der Waals surface area contributed by atoms with Crippen LogP contribution in [0, 0.1) is 0 Å². The van der Waals surface area contributed by atoms with E-state index in [9.17, 15) is 5.11 Å². The molecule has 1 aromatic rings. The molecule has 0 radical (unpaired) electrons. The van der Waals surface area contributed by atoms with Crippen LogP contribution in [-0.4, -0.2) is 5.11 Å². The van der Waals surface area contributed by atoms with Crippen molar-refractivity contribution in [3.8, 4) is 0 Å². The van der Waals surface area contributed by atoms with Gasteiger partial charge in [-0.25, -0.2) is 0 Å². The molecule has 0 saturated carbocycles. The molecule has 0 aromatic heterocycles. The number of hydrogen-bond acceptors (Lipinski definition) is 2. The molecule has 2 nitrogen and oxygen atoms in total. The summed E-state index contributed by atoms with van der Waals surface area (Å²) in [6.45, 7) is 0. The summed E-state index contributed by atoms with van der Waals surface area (Å²) in [5, 5.41) is 9.27. The summed E-state index contributed by atoms with van der Waals surface area (Å²) in [6.07, 6.45) is 0.585. The topological polar surface area (TPSA) is 46.2 Å². The molecule has 56 valence electrons. The van der Waals surface area contributed by atoms with Crippen LogP contribution < -0.4 is 5.73 Å². The second kappa shape index (κ2) is 2.02. The molecule has 0 bridgehead atoms. The molecule has 0 fully saturated rings. The van der Waals surface area contributed by atoms with Gasteiger partial charge in [0, 0.05) is 12.0 Å². The maximum Gasteiger partial charge on any atom is 0.120 e. The van der Waals surface area contributed by atoms with E-state index in [-0.39, 0.29) is 0 Å². The largest absolute Gasteiger partial charge is 0.510 e. The second-order valence-electron chi connectivity index (χ2n) is 2.69. The third-order valence-electron chi connectivity index (χ3n) is 1.98. The van der Waals surface area contributed by atoms with E-state index in [1.807, 2.05) is 24.3 Å². The van der Waals surface area contributed by atoms with E-state index in [1.165, 1.54) is 0 Å². The van der Waals surface area contributed by atoms with Gasteiger partial charge >= 0.3 is 0 Å². The van der Waals surface area contributed by atoms with Crippen molar-refractivity contribution in [3.05, 3.63) is 41.2 Å². The smallest absolute Gasteiger partial charge is 0.120 e. The number of aliphatic hydroxyl groups excluding tert-OH is 1. The predicted octanol–water partition coefficient (Wildman–Crippen LogP) is 1.43. The molecule has 0 aliphatic heterocycles. The van der Waals surface area contributed by atoms with Gasteiger partial charge in [0.2, 0.25) is 0 Å². The van der Waals surface area contributed by atoms with Crippen LogP contribution in [0.2, 0.25) is 0 Å². The van der Waals surface area contributed by atoms with Crippen LogP contribution in [0.25, 0.3) is 5.70 Å². The number of fused-ring (bicyclic) bond motifs is 1. The summed E-state index contributed by atoms with van der Waals surface area (Å²) in [5.74, 6) is 0.297. The van der Waals surface area contributed by atoms with E-state index in [1.54, 1.807) is 0 Å². The normalized spacial score (nSPS) is 15.3. The molecule has 0 amide bonds. The first-order chi connectivity index (χ1) is 5.29. The van der Waals surface area contributed by atoms with Crippen LogP contribution in [0.3, 0.4) is 0 Å². The average molecular weight is 147 g/mol. The van der Waals surface area contributed by atoms with Crippen LogP contribution in [0.1, 0.15) is 11.1 Å². The molecule has 0 heterocycles. The Morgan fingerprint density at radius 1 is 1.27 bits per heavy atom. The quantitative estimate of drug-likeness (QED) is 0.583. The van der Waals surface area contributed by atoms with Gasteiger partial charge in [0.15, 0.2) is 0 Å². The van der Waals surface area contributed by atoms with Crippen LogP contribution in [0.5, 0.6) is 0 Å². The minimum absolute atomic E-state index is 0.297. The van der Waals surface area contributed by atoms with Gasteiger partial charge in [0.25, 0.3) is 0 Å². The van der Waals surface area contributed by atoms with E-state index in [2.05, 4.69) is 0 Å². The van der Waals surface area contributed by atoms with Gasteiger partial charge in [0.1, 0.15) is 5.76 Å². The number of aliphatic hydroxyl groups is 1. The summed E-state index contributed by atoms with van der Waals surface area (Å²) in [6, 6.07) is 7.77. The summed E-state index contributed by atoms with van der Waals surface area (Å²) in [7, 11) is 0. The number of rotatable bonds is 0. The standard InChI is InChI=1S/C9H9NO/c10-9-7-4-2-1-3-6(7)5-8(9)11/h1-4,11H,5,10H2. The number of allylic oxidation sites excluding steroid dienone is 1. The van der Waals surface area contributed by atoms with Gasteiger partial charge in [-0.3, -0.25) is 0 Å². The molecule has 0 unspecified atom stereocenters. The fourth-order valence-electron chi connectivity index (χ4n) is 1.37. The number of nitrogens with two attached hydrogens (primary N) is 1. The Kier molecular flexibility index (Phi) is 1.15. The Morgan fingerprint density at radius 2 is 2.00 bits per heavy atom. The SMILES string of the molecule is NC1=C(O)Cc2ccccc21. The molecular weight excluding hydrogens is 138 g/mol. The van der Waals surface area contributed by atoms with Crippen LogP contribution in [0.15, 0.2) is 30.0 Å². The number of hydrogen-bond donors (Lipinski definition) is 2. The van der Waals surface area contributed by atoms with Crippen LogP contribution in [0.4, 0.5) is 0 Å². The van der Waals surface area contributed by atoms with Crippen LogP contribution >= 0.6 is 0 Å². The zero-order valence-corrected chi connectivity index (χ0v) is 6.04. The van der Waals surface area contributed by atoms with Crippen LogP contribution in [-0.2, 0) is 6.42 Å². The predicted molar refractivity (Wildman–Crippen MR) is 43.9 cm³/mol. The van der Waals surface area contributed by atoms with Gasteiger partial charge in [-0.2, -0.15) is 0 Å². The fourth-order valence-corrected chi connectivity index (χ4v) is 1.37. The monoisotopic (exact) mass is 147 g/mol. The molecule has 1 aromatic carbocycles. The Morgan fingerprint density at radius 3 is 2.73 bits per heavy atom.